The molecule has 0 aromatic rings. The monoisotopic (exact) mass is 436 g/mol. The van der Waals surface area contributed by atoms with Gasteiger partial charge in [0, 0.05) is 26.2 Å². The van der Waals surface area contributed by atoms with Crippen LogP contribution in [0.4, 0.5) is 4.79 Å². The fourth-order valence-corrected chi connectivity index (χ4v) is 4.84. The van der Waals surface area contributed by atoms with Gasteiger partial charge in [-0.1, -0.05) is 59.8 Å². The van der Waals surface area contributed by atoms with E-state index in [4.69, 9.17) is 0 Å². The number of amides is 4. The summed E-state index contributed by atoms with van der Waals surface area (Å²) in [6, 6.07) is -0.478. The SMILES string of the molecule is CCCCCCCCNC(=O)N1CCC2(CC1)C(=O)NC(CC(C)C)C(=O)N2CCC. The number of unbranched alkanes of at least 4 members (excludes halogenated alkanes) is 5. The van der Waals surface area contributed by atoms with E-state index in [-0.39, 0.29) is 17.8 Å². The van der Waals surface area contributed by atoms with Gasteiger partial charge in [0.15, 0.2) is 0 Å². The van der Waals surface area contributed by atoms with Gasteiger partial charge < -0.3 is 20.4 Å². The summed E-state index contributed by atoms with van der Waals surface area (Å²) in [5, 5.41) is 6.03. The van der Waals surface area contributed by atoms with Crippen LogP contribution >= 0.6 is 0 Å². The molecule has 31 heavy (non-hydrogen) atoms. The van der Waals surface area contributed by atoms with Crippen molar-refractivity contribution in [2.24, 2.45) is 5.92 Å². The Morgan fingerprint density at radius 1 is 1.06 bits per heavy atom. The lowest BCUT2D eigenvalue weighted by Gasteiger charge is -2.51. The molecule has 7 nitrogen and oxygen atoms in total. The van der Waals surface area contributed by atoms with Gasteiger partial charge in [-0.25, -0.2) is 4.79 Å². The van der Waals surface area contributed by atoms with E-state index in [9.17, 15) is 14.4 Å². The quantitative estimate of drug-likeness (QED) is 0.485. The maximum absolute atomic E-state index is 13.2. The first-order valence-corrected chi connectivity index (χ1v) is 12.5. The van der Waals surface area contributed by atoms with Crippen LogP contribution in [-0.2, 0) is 9.59 Å². The van der Waals surface area contributed by atoms with Crippen LogP contribution in [-0.4, -0.2) is 65.4 Å². The van der Waals surface area contributed by atoms with Crippen molar-refractivity contribution in [3.05, 3.63) is 0 Å². The molecule has 2 fully saturated rings. The Morgan fingerprint density at radius 3 is 2.32 bits per heavy atom. The van der Waals surface area contributed by atoms with Gasteiger partial charge in [-0.05, 0) is 38.0 Å². The predicted molar refractivity (Wildman–Crippen MR) is 124 cm³/mol. The zero-order chi connectivity index (χ0) is 22.9. The van der Waals surface area contributed by atoms with Crippen molar-refractivity contribution >= 4 is 17.8 Å². The summed E-state index contributed by atoms with van der Waals surface area (Å²) in [5.74, 6) is 0.332. The van der Waals surface area contributed by atoms with Crippen LogP contribution in [0.5, 0.6) is 0 Å². The van der Waals surface area contributed by atoms with Gasteiger partial charge in [0.05, 0.1) is 0 Å². The fourth-order valence-electron chi connectivity index (χ4n) is 4.84. The van der Waals surface area contributed by atoms with E-state index >= 15 is 0 Å². The zero-order valence-corrected chi connectivity index (χ0v) is 20.2. The number of piperidine rings is 1. The Labute approximate surface area is 188 Å². The smallest absolute Gasteiger partial charge is 0.317 e. The van der Waals surface area contributed by atoms with E-state index in [0.29, 0.717) is 51.4 Å². The molecule has 7 heteroatoms. The average Bonchev–Trinajstić information content (AvgIpc) is 2.74. The summed E-state index contributed by atoms with van der Waals surface area (Å²) in [6.45, 7) is 10.7. The lowest BCUT2D eigenvalue weighted by molar-refractivity contribution is -0.161. The second kappa shape index (κ2) is 12.3. The molecule has 2 saturated heterocycles. The van der Waals surface area contributed by atoms with Crippen LogP contribution in [0.1, 0.15) is 91.9 Å². The highest BCUT2D eigenvalue weighted by Crippen LogP contribution is 2.34. The molecule has 1 spiro atoms. The van der Waals surface area contributed by atoms with E-state index in [2.05, 4.69) is 31.4 Å². The second-order valence-electron chi connectivity index (χ2n) is 9.66. The highest BCUT2D eigenvalue weighted by Gasteiger charge is 2.53. The van der Waals surface area contributed by atoms with Crippen LogP contribution in [0.15, 0.2) is 0 Å². The first kappa shape index (κ1) is 25.5. The molecule has 178 valence electrons. The van der Waals surface area contributed by atoms with Gasteiger partial charge in [0.1, 0.15) is 11.6 Å². The maximum Gasteiger partial charge on any atom is 0.317 e. The van der Waals surface area contributed by atoms with Gasteiger partial charge in [-0.15, -0.1) is 0 Å². The standard InChI is InChI=1S/C24H44N4O3/c1-5-7-8-9-10-11-14-25-23(31)27-16-12-24(13-17-27)22(30)26-20(18-19(3)4)21(29)28(24)15-6-2/h19-20H,5-18H2,1-4H3,(H,25,31)(H,26,30). The highest BCUT2D eigenvalue weighted by molar-refractivity contribution is 6.00. The molecule has 2 heterocycles. The third-order valence-electron chi connectivity index (χ3n) is 6.65. The molecule has 0 bridgehead atoms. The minimum atomic E-state index is -0.809. The minimum absolute atomic E-state index is 0.0381. The Kier molecular flexibility index (Phi) is 10.1. The third-order valence-corrected chi connectivity index (χ3v) is 6.65. The number of carbonyl (C=O) groups excluding carboxylic acids is 3. The molecular formula is C24H44N4O3. The predicted octanol–water partition coefficient (Wildman–Crippen LogP) is 3.67. The van der Waals surface area contributed by atoms with Gasteiger partial charge in [-0.2, -0.15) is 0 Å². The lowest BCUT2D eigenvalue weighted by Crippen LogP contribution is -2.73. The summed E-state index contributed by atoms with van der Waals surface area (Å²) in [4.78, 5) is 42.5. The average molecular weight is 437 g/mol. The number of hydrogen-bond donors (Lipinski definition) is 2. The minimum Gasteiger partial charge on any atom is -0.342 e. The lowest BCUT2D eigenvalue weighted by atomic mass is 9.81. The number of urea groups is 1. The van der Waals surface area contributed by atoms with Crippen LogP contribution in [0.25, 0.3) is 0 Å². The third kappa shape index (κ3) is 6.59. The van der Waals surface area contributed by atoms with Crippen molar-refractivity contribution in [3.8, 4) is 0 Å². The van der Waals surface area contributed by atoms with Crippen LogP contribution < -0.4 is 10.6 Å². The van der Waals surface area contributed by atoms with Crippen molar-refractivity contribution in [1.29, 1.82) is 0 Å². The van der Waals surface area contributed by atoms with Crippen LogP contribution in [0.3, 0.4) is 0 Å². The molecule has 0 aliphatic carbocycles. The van der Waals surface area contributed by atoms with E-state index in [1.165, 1.54) is 25.7 Å². The largest absolute Gasteiger partial charge is 0.342 e. The van der Waals surface area contributed by atoms with Gasteiger partial charge in [0.25, 0.3) is 0 Å². The molecule has 2 N–H and O–H groups in total. The normalized spacial score (nSPS) is 21.0. The van der Waals surface area contributed by atoms with Crippen molar-refractivity contribution in [1.82, 2.24) is 20.4 Å². The number of carbonyl (C=O) groups is 3. The molecular weight excluding hydrogens is 392 g/mol. The molecule has 2 rings (SSSR count). The molecule has 2 aliphatic rings. The summed E-state index contributed by atoms with van der Waals surface area (Å²) >= 11 is 0. The number of nitrogens with one attached hydrogen (secondary N) is 2. The van der Waals surface area contributed by atoms with E-state index in [1.54, 1.807) is 4.90 Å². The summed E-state index contributed by atoms with van der Waals surface area (Å²) in [5.41, 5.74) is -0.809. The Balaban J connectivity index is 1.88. The van der Waals surface area contributed by atoms with Crippen molar-refractivity contribution in [3.63, 3.8) is 0 Å². The zero-order valence-electron chi connectivity index (χ0n) is 20.2. The summed E-state index contributed by atoms with van der Waals surface area (Å²) in [6.07, 6.45) is 9.66. The van der Waals surface area contributed by atoms with Crippen molar-refractivity contribution in [2.75, 3.05) is 26.2 Å². The number of rotatable bonds is 11. The van der Waals surface area contributed by atoms with E-state index in [1.807, 2.05) is 11.8 Å². The van der Waals surface area contributed by atoms with Crippen LogP contribution in [0, 0.1) is 5.92 Å². The highest BCUT2D eigenvalue weighted by atomic mass is 16.2. The molecule has 4 amide bonds. The molecule has 0 saturated carbocycles. The maximum atomic E-state index is 13.2. The van der Waals surface area contributed by atoms with Gasteiger partial charge in [-0.3, -0.25) is 9.59 Å². The Morgan fingerprint density at radius 2 is 1.71 bits per heavy atom. The molecule has 1 unspecified atom stereocenters. The van der Waals surface area contributed by atoms with E-state index < -0.39 is 11.6 Å². The first-order valence-electron chi connectivity index (χ1n) is 12.5. The number of nitrogens with zero attached hydrogens (tertiary/aromatic N) is 2. The number of piperazine rings is 1. The first-order chi connectivity index (χ1) is 14.9. The number of hydrogen-bond acceptors (Lipinski definition) is 3. The van der Waals surface area contributed by atoms with Gasteiger partial charge >= 0.3 is 6.03 Å². The summed E-state index contributed by atoms with van der Waals surface area (Å²) in [7, 11) is 0. The van der Waals surface area contributed by atoms with E-state index in [0.717, 1.165) is 19.3 Å². The Hall–Kier alpha value is -1.79. The van der Waals surface area contributed by atoms with Gasteiger partial charge in [0.2, 0.25) is 11.8 Å². The summed E-state index contributed by atoms with van der Waals surface area (Å²) < 4.78 is 0. The number of likely N-dealkylation sites (tertiary alicyclic amines) is 1. The van der Waals surface area contributed by atoms with Crippen molar-refractivity contribution < 1.29 is 14.4 Å². The molecule has 0 aromatic carbocycles. The molecule has 0 radical (unpaired) electrons. The Bertz CT molecular complexity index is 600. The topological polar surface area (TPSA) is 81.8 Å². The molecule has 2 aliphatic heterocycles. The fraction of sp³-hybridized carbons (Fsp3) is 0.875. The molecule has 1 atom stereocenters. The second-order valence-corrected chi connectivity index (χ2v) is 9.66. The molecule has 0 aromatic heterocycles. The van der Waals surface area contributed by atoms with Crippen LogP contribution in [0.2, 0.25) is 0 Å². The van der Waals surface area contributed by atoms with Crippen molar-refractivity contribution in [2.45, 2.75) is 103 Å².